The average molecular weight is 753 g/mol. The molecular formula is C39H60O14. The molecule has 3 spiro atoms. The first-order valence-corrected chi connectivity index (χ1v) is 20.1. The Morgan fingerprint density at radius 3 is 2.26 bits per heavy atom. The summed E-state index contributed by atoms with van der Waals surface area (Å²) < 4.78 is 37.6. The maximum Gasteiger partial charge on any atom is 0.187 e. The first-order valence-electron chi connectivity index (χ1n) is 20.1. The highest BCUT2D eigenvalue weighted by Crippen LogP contribution is 2.75. The van der Waals surface area contributed by atoms with Crippen LogP contribution in [0.5, 0.6) is 0 Å². The lowest BCUT2D eigenvalue weighted by molar-refractivity contribution is -0.499. The molecule has 2 bridgehead atoms. The Morgan fingerprint density at radius 2 is 1.57 bits per heavy atom. The molecule has 0 aromatic carbocycles. The molecule has 10 rings (SSSR count). The molecule has 8 fully saturated rings. The van der Waals surface area contributed by atoms with Crippen LogP contribution in [0, 0.1) is 40.4 Å². The van der Waals surface area contributed by atoms with Crippen LogP contribution in [-0.2, 0) is 38.2 Å². The third-order valence-corrected chi connectivity index (χ3v) is 16.1. The number of hydrogen-bond donors (Lipinski definition) is 6. The fourth-order valence-corrected chi connectivity index (χ4v) is 13.0. The lowest BCUT2D eigenvalue weighted by Gasteiger charge is -2.69. The van der Waals surface area contributed by atoms with Gasteiger partial charge in [-0.3, -0.25) is 0 Å². The average Bonchev–Trinajstić information content (AvgIpc) is 3.59. The van der Waals surface area contributed by atoms with Crippen molar-refractivity contribution >= 4 is 0 Å². The van der Waals surface area contributed by atoms with Gasteiger partial charge in [0.2, 0.25) is 0 Å². The molecule has 22 atom stereocenters. The zero-order valence-electron chi connectivity index (χ0n) is 31.5. The van der Waals surface area contributed by atoms with Crippen molar-refractivity contribution in [2.75, 3.05) is 13.2 Å². The quantitative estimate of drug-likeness (QED) is 0.175. The summed E-state index contributed by atoms with van der Waals surface area (Å²) in [5, 5.41) is 63.1. The summed E-state index contributed by atoms with van der Waals surface area (Å²) in [6.45, 7) is 11.1. The van der Waals surface area contributed by atoms with Crippen molar-refractivity contribution in [3.8, 4) is 0 Å². The lowest BCUT2D eigenvalue weighted by Crippen LogP contribution is -2.73. The summed E-state index contributed by atoms with van der Waals surface area (Å²) in [5.41, 5.74) is -1.62. The first kappa shape index (κ1) is 37.7. The van der Waals surface area contributed by atoms with Gasteiger partial charge in [0.25, 0.3) is 0 Å². The van der Waals surface area contributed by atoms with E-state index in [1.807, 2.05) is 0 Å². The van der Waals surface area contributed by atoms with Gasteiger partial charge in [-0.2, -0.15) is 0 Å². The molecule has 4 aliphatic carbocycles. The van der Waals surface area contributed by atoms with Crippen molar-refractivity contribution in [2.24, 2.45) is 40.4 Å². The summed E-state index contributed by atoms with van der Waals surface area (Å²) in [4.78, 5) is 13.3. The van der Waals surface area contributed by atoms with E-state index in [1.165, 1.54) is 6.92 Å². The van der Waals surface area contributed by atoms with Crippen molar-refractivity contribution in [3.63, 3.8) is 0 Å². The Labute approximate surface area is 310 Å². The van der Waals surface area contributed by atoms with E-state index in [-0.39, 0.29) is 34.7 Å². The number of fused-ring (bicyclic) bond motifs is 4. The largest absolute Gasteiger partial charge is 0.394 e. The molecular weight excluding hydrogens is 692 g/mol. The van der Waals surface area contributed by atoms with E-state index < -0.39 is 91.1 Å². The Morgan fingerprint density at radius 1 is 0.774 bits per heavy atom. The normalized spacial score (nSPS) is 61.5. The van der Waals surface area contributed by atoms with Crippen LogP contribution >= 0.6 is 0 Å². The van der Waals surface area contributed by atoms with Crippen molar-refractivity contribution in [2.45, 2.75) is 177 Å². The van der Waals surface area contributed by atoms with Crippen molar-refractivity contribution < 1.29 is 68.8 Å². The summed E-state index contributed by atoms with van der Waals surface area (Å²) in [5.74, 6) is 1.17. The minimum Gasteiger partial charge on any atom is -0.394 e. The summed E-state index contributed by atoms with van der Waals surface area (Å²) in [6.07, 6.45) is -2.79. The van der Waals surface area contributed by atoms with Gasteiger partial charge in [0.15, 0.2) is 18.4 Å². The van der Waals surface area contributed by atoms with E-state index in [4.69, 9.17) is 38.2 Å². The molecule has 10 aliphatic rings. The van der Waals surface area contributed by atoms with Crippen LogP contribution in [0.25, 0.3) is 0 Å². The standard InChI is InChI=1S/C39H60O14/c1-18-6-11-39(46-17-18)19(2)26-22(51-39)14-25-35(26,4)9-8-24-36(5)10-7-21(15-37(36)12-13-38(24,25)53-52-37)48-34-32(30(44)28(42)23(16-40)49-34)50-33-31(45)29(43)27(41)20(3)47-33/h12-13,18-34,40-45H,6-11,14-17H2,1-5H3/t18-,19+,20+,21+,22+,23-,24-,25-,26+,27+,28-,29-,30+,31-,32-,33+,34-,35+,36-,37-,38-,39-/m1/s1. The van der Waals surface area contributed by atoms with Gasteiger partial charge in [0.1, 0.15) is 53.9 Å². The van der Waals surface area contributed by atoms with Crippen LogP contribution in [-0.4, -0.2) is 134 Å². The second kappa shape index (κ2) is 12.8. The highest BCUT2D eigenvalue weighted by molar-refractivity contribution is 5.34. The number of rotatable bonds is 5. The molecule has 14 heteroatoms. The Bertz CT molecular complexity index is 1420. The Balaban J connectivity index is 0.943. The Hall–Kier alpha value is -0.820. The third-order valence-electron chi connectivity index (χ3n) is 16.1. The van der Waals surface area contributed by atoms with Gasteiger partial charge in [-0.05, 0) is 68.8 Å². The van der Waals surface area contributed by atoms with Crippen LogP contribution in [0.3, 0.4) is 0 Å². The Kier molecular flexibility index (Phi) is 9.14. The molecule has 6 N–H and O–H groups in total. The van der Waals surface area contributed by atoms with E-state index in [2.05, 4.69) is 39.8 Å². The molecule has 6 heterocycles. The van der Waals surface area contributed by atoms with Crippen LogP contribution in [0.2, 0.25) is 0 Å². The summed E-state index contributed by atoms with van der Waals surface area (Å²) in [7, 11) is 0. The van der Waals surface area contributed by atoms with E-state index in [1.54, 1.807) is 0 Å². The molecule has 0 amide bonds. The first-order chi connectivity index (χ1) is 25.1. The second-order valence-corrected chi connectivity index (χ2v) is 18.8. The fourth-order valence-electron chi connectivity index (χ4n) is 13.0. The van der Waals surface area contributed by atoms with Gasteiger partial charge in [-0.1, -0.05) is 33.8 Å². The fraction of sp³-hybridized carbons (Fsp3) is 0.949. The minimum absolute atomic E-state index is 0.00174. The van der Waals surface area contributed by atoms with E-state index >= 15 is 0 Å². The maximum atomic E-state index is 11.2. The van der Waals surface area contributed by atoms with Crippen molar-refractivity contribution in [1.82, 2.24) is 0 Å². The number of aliphatic hydroxyl groups is 6. The van der Waals surface area contributed by atoms with E-state index in [9.17, 15) is 30.6 Å². The second-order valence-electron chi connectivity index (χ2n) is 18.8. The molecule has 0 radical (unpaired) electrons. The molecule has 6 aliphatic heterocycles. The highest BCUT2D eigenvalue weighted by Gasteiger charge is 2.77. The van der Waals surface area contributed by atoms with Gasteiger partial charge in [0.05, 0.1) is 31.5 Å². The molecule has 14 nitrogen and oxygen atoms in total. The zero-order chi connectivity index (χ0) is 37.5. The third kappa shape index (κ3) is 5.21. The topological polar surface area (TPSA) is 195 Å². The van der Waals surface area contributed by atoms with Gasteiger partial charge < -0.3 is 59.1 Å². The van der Waals surface area contributed by atoms with Crippen molar-refractivity contribution in [1.29, 1.82) is 0 Å². The van der Waals surface area contributed by atoms with Gasteiger partial charge in [-0.15, -0.1) is 0 Å². The predicted octanol–water partition coefficient (Wildman–Crippen LogP) is 1.45. The van der Waals surface area contributed by atoms with E-state index in [0.717, 1.165) is 45.1 Å². The van der Waals surface area contributed by atoms with Gasteiger partial charge >= 0.3 is 0 Å². The summed E-state index contributed by atoms with van der Waals surface area (Å²) in [6, 6.07) is 0. The molecule has 53 heavy (non-hydrogen) atoms. The van der Waals surface area contributed by atoms with Crippen LogP contribution in [0.4, 0.5) is 0 Å². The molecule has 0 unspecified atom stereocenters. The van der Waals surface area contributed by atoms with Gasteiger partial charge in [-0.25, -0.2) is 9.78 Å². The van der Waals surface area contributed by atoms with Crippen LogP contribution in [0.15, 0.2) is 12.2 Å². The number of ether oxygens (including phenoxy) is 6. The lowest BCUT2D eigenvalue weighted by atomic mass is 9.42. The number of hydrogen-bond acceptors (Lipinski definition) is 14. The molecule has 3 saturated carbocycles. The molecule has 300 valence electrons. The predicted molar refractivity (Wildman–Crippen MR) is 182 cm³/mol. The molecule has 0 aromatic rings. The summed E-state index contributed by atoms with van der Waals surface area (Å²) >= 11 is 0. The monoisotopic (exact) mass is 752 g/mol. The zero-order valence-corrected chi connectivity index (χ0v) is 31.5. The van der Waals surface area contributed by atoms with Gasteiger partial charge in [0, 0.05) is 36.0 Å². The minimum atomic E-state index is -1.64. The van der Waals surface area contributed by atoms with E-state index in [0.29, 0.717) is 24.7 Å². The SMILES string of the molecule is C[C@@H]1CC[C@@]2(OC1)O[C@H]1C[C@@H]3[C@](C)(CC[C@H]4[C@]35C=C[C@]3(C[C@@H](O[C@@H]6O[C@H](CO)[C@@H](O)[C@H](O)[C@H]6O[C@@H]6O[C@@H](C)[C@H](O)[C@@H](O)[C@H]6O)CC[C@]43C)OO5)[C@H]1[C@@H]2C. The number of aliphatic hydroxyl groups excluding tert-OH is 6. The maximum absolute atomic E-state index is 11.2. The smallest absolute Gasteiger partial charge is 0.187 e. The highest BCUT2D eigenvalue weighted by atomic mass is 17.2. The van der Waals surface area contributed by atoms with Crippen molar-refractivity contribution in [3.05, 3.63) is 12.2 Å². The van der Waals surface area contributed by atoms with Crippen LogP contribution in [0.1, 0.15) is 86.0 Å². The molecule has 0 aromatic heterocycles. The van der Waals surface area contributed by atoms with Crippen LogP contribution < -0.4 is 0 Å². The molecule has 5 saturated heterocycles.